The molecule has 46 heavy (non-hydrogen) atoms. The second-order valence-electron chi connectivity index (χ2n) is 12.5. The summed E-state index contributed by atoms with van der Waals surface area (Å²) in [6.07, 6.45) is 10.5. The van der Waals surface area contributed by atoms with E-state index >= 15 is 0 Å². The van der Waals surface area contributed by atoms with Gasteiger partial charge in [-0.3, -0.25) is 9.59 Å². The van der Waals surface area contributed by atoms with Gasteiger partial charge >= 0.3 is 0 Å². The zero-order chi connectivity index (χ0) is 35.2. The van der Waals surface area contributed by atoms with Crippen molar-refractivity contribution in [2.75, 3.05) is 24.1 Å². The molecule has 1 N–H and O–H groups in total. The Hall–Kier alpha value is -1.72. The number of amides is 1. The molecule has 3 rings (SSSR count). The van der Waals surface area contributed by atoms with Gasteiger partial charge in [0.05, 0.1) is 15.9 Å². The molecule has 0 spiro atoms. The molecule has 1 aliphatic heterocycles. The molecule has 268 valence electrons. The number of alkyl halides is 1. The standard InChI is InChI=1S/C20H32N2O4S.C7H10.C4H10.C3H5IO.C2H6.CH4/c1-14(2)13-22(10-8-16(5)21-20(23)15(3)4)27(24,25)18-7-6-17-9-11-26-19(17)12-18;1-7-5-3-2-4-6-7;1-4(2)3;1-3(5)2-4;1-2;/h6-7,12,14-16H,8-11,13H2,1-5H3,(H,21,23);3,5-6H,2,4H2,1H3;4H,1-3H3;2H2,1H3;1-2H3;1H4. The number of allylic oxidation sites excluding steroid dienone is 4. The van der Waals surface area contributed by atoms with E-state index in [-0.39, 0.29) is 41.9 Å². The van der Waals surface area contributed by atoms with Gasteiger partial charge in [0.15, 0.2) is 0 Å². The number of sulfonamides is 1. The van der Waals surface area contributed by atoms with Gasteiger partial charge in [-0.25, -0.2) is 8.42 Å². The average molecular weight is 779 g/mol. The van der Waals surface area contributed by atoms with E-state index in [0.717, 1.165) is 17.9 Å². The summed E-state index contributed by atoms with van der Waals surface area (Å²) < 4.78 is 34.1. The summed E-state index contributed by atoms with van der Waals surface area (Å²) >= 11 is 2.03. The number of ketones is 1. The predicted molar refractivity (Wildman–Crippen MR) is 207 cm³/mol. The minimum Gasteiger partial charge on any atom is -0.493 e. The summed E-state index contributed by atoms with van der Waals surface area (Å²) in [5, 5.41) is 2.93. The molecule has 0 radical (unpaired) electrons. The summed E-state index contributed by atoms with van der Waals surface area (Å²) in [5.74, 6) is 1.83. The zero-order valence-electron chi connectivity index (χ0n) is 30.2. The van der Waals surface area contributed by atoms with Crippen molar-refractivity contribution in [2.45, 2.75) is 127 Å². The summed E-state index contributed by atoms with van der Waals surface area (Å²) in [5.41, 5.74) is 2.46. The van der Waals surface area contributed by atoms with E-state index in [2.05, 4.69) is 51.2 Å². The lowest BCUT2D eigenvalue weighted by Gasteiger charge is -2.26. The smallest absolute Gasteiger partial charge is 0.243 e. The van der Waals surface area contributed by atoms with Gasteiger partial charge in [0.1, 0.15) is 11.5 Å². The van der Waals surface area contributed by atoms with Crippen molar-refractivity contribution in [1.82, 2.24) is 9.62 Å². The number of halogens is 1. The molecule has 1 heterocycles. The van der Waals surface area contributed by atoms with Crippen LogP contribution in [0.1, 0.15) is 115 Å². The molecule has 9 heteroatoms. The Kier molecular flexibility index (Phi) is 28.8. The van der Waals surface area contributed by atoms with Crippen LogP contribution < -0.4 is 10.1 Å². The molecule has 0 saturated heterocycles. The first kappa shape index (κ1) is 48.7. The molecule has 1 aromatic rings. The van der Waals surface area contributed by atoms with Gasteiger partial charge < -0.3 is 10.1 Å². The second-order valence-corrected chi connectivity index (χ2v) is 15.2. The number of carbonyl (C=O) groups excluding carboxylic acids is 2. The van der Waals surface area contributed by atoms with E-state index < -0.39 is 10.0 Å². The fraction of sp³-hybridized carbons (Fsp3) is 0.676. The first-order valence-electron chi connectivity index (χ1n) is 16.5. The number of nitrogens with one attached hydrogen (secondary N) is 1. The number of benzene rings is 1. The fourth-order valence-electron chi connectivity index (χ4n) is 3.74. The molecule has 1 unspecified atom stereocenters. The van der Waals surface area contributed by atoms with Crippen LogP contribution in [0.5, 0.6) is 5.75 Å². The normalized spacial score (nSPS) is 13.5. The lowest BCUT2D eigenvalue weighted by molar-refractivity contribution is -0.124. The highest BCUT2D eigenvalue weighted by Crippen LogP contribution is 2.29. The number of hydrogen-bond donors (Lipinski definition) is 1. The molecule has 0 fully saturated rings. The number of ether oxygens (including phenoxy) is 1. The molecule has 0 saturated carbocycles. The lowest BCUT2D eigenvalue weighted by Crippen LogP contribution is -2.40. The average Bonchev–Trinajstić information content (AvgIpc) is 3.45. The number of hydrogen-bond acceptors (Lipinski definition) is 5. The molecule has 0 aromatic heterocycles. The third kappa shape index (κ3) is 22.7. The van der Waals surface area contributed by atoms with Gasteiger partial charge in [0, 0.05) is 37.5 Å². The van der Waals surface area contributed by atoms with E-state index in [1.807, 2.05) is 77.1 Å². The van der Waals surface area contributed by atoms with Crippen LogP contribution in [0, 0.1) is 17.8 Å². The molecule has 1 aromatic carbocycles. The Labute approximate surface area is 297 Å². The van der Waals surface area contributed by atoms with E-state index in [1.165, 1.54) is 22.7 Å². The summed E-state index contributed by atoms with van der Waals surface area (Å²) in [6.45, 7) is 25.2. The van der Waals surface area contributed by atoms with Crippen LogP contribution in [0.3, 0.4) is 0 Å². The van der Waals surface area contributed by atoms with Crippen molar-refractivity contribution in [3.63, 3.8) is 0 Å². The first-order chi connectivity index (χ1) is 21.0. The van der Waals surface area contributed by atoms with Gasteiger partial charge in [-0.2, -0.15) is 4.31 Å². The fourth-order valence-corrected chi connectivity index (χ4v) is 5.37. The maximum atomic E-state index is 13.2. The van der Waals surface area contributed by atoms with Crippen LogP contribution in [0.25, 0.3) is 0 Å². The number of fused-ring (bicyclic) bond motifs is 1. The summed E-state index contributed by atoms with van der Waals surface area (Å²) in [7, 11) is -3.62. The highest BCUT2D eigenvalue weighted by molar-refractivity contribution is 14.1. The summed E-state index contributed by atoms with van der Waals surface area (Å²) in [4.78, 5) is 21.9. The molecule has 2 aliphatic rings. The predicted octanol–water partition coefficient (Wildman–Crippen LogP) is 9.44. The van der Waals surface area contributed by atoms with Crippen molar-refractivity contribution in [3.8, 4) is 5.75 Å². The van der Waals surface area contributed by atoms with Gasteiger partial charge in [0.2, 0.25) is 15.9 Å². The Morgan fingerprint density at radius 3 is 2.00 bits per heavy atom. The molecule has 0 bridgehead atoms. The van der Waals surface area contributed by atoms with Crippen LogP contribution in [0.15, 0.2) is 46.9 Å². The van der Waals surface area contributed by atoms with E-state index in [1.54, 1.807) is 19.1 Å². The number of nitrogens with zero attached hydrogens (tertiary/aromatic N) is 1. The van der Waals surface area contributed by atoms with Crippen LogP contribution in [0.4, 0.5) is 0 Å². The van der Waals surface area contributed by atoms with Gasteiger partial charge in [-0.05, 0) is 63.5 Å². The van der Waals surface area contributed by atoms with Crippen molar-refractivity contribution in [1.29, 1.82) is 0 Å². The van der Waals surface area contributed by atoms with Gasteiger partial charge in [-0.15, -0.1) is 0 Å². The minimum atomic E-state index is -3.62. The molecule has 1 amide bonds. The third-order valence-electron chi connectivity index (χ3n) is 5.97. The molecule has 7 nitrogen and oxygen atoms in total. The maximum absolute atomic E-state index is 13.2. The van der Waals surface area contributed by atoms with Crippen LogP contribution in [-0.2, 0) is 26.0 Å². The first-order valence-corrected chi connectivity index (χ1v) is 19.4. The number of rotatable bonds is 10. The third-order valence-corrected chi connectivity index (χ3v) is 8.90. The topological polar surface area (TPSA) is 92.8 Å². The maximum Gasteiger partial charge on any atom is 0.243 e. The van der Waals surface area contributed by atoms with E-state index in [9.17, 15) is 18.0 Å². The van der Waals surface area contributed by atoms with Crippen LogP contribution in [-0.4, -0.2) is 54.6 Å². The van der Waals surface area contributed by atoms with Crippen molar-refractivity contribution >= 4 is 44.3 Å². The van der Waals surface area contributed by atoms with Gasteiger partial charge in [0.25, 0.3) is 0 Å². The van der Waals surface area contributed by atoms with Gasteiger partial charge in [-0.1, -0.05) is 122 Å². The Morgan fingerprint density at radius 2 is 1.59 bits per heavy atom. The van der Waals surface area contributed by atoms with Crippen molar-refractivity contribution in [2.24, 2.45) is 17.8 Å². The van der Waals surface area contributed by atoms with E-state index in [4.69, 9.17) is 4.74 Å². The number of carbonyl (C=O) groups is 2. The SMILES string of the molecule is C.CC.CC(=O)CI.CC(C)C.CC(C)CN(CCC(C)NC(=O)C(C)C)S(=O)(=O)c1ccc2c(c1)OCC2.CC1=CCCC=C1. The quantitative estimate of drug-likeness (QED) is 0.189. The second kappa shape index (κ2) is 27.3. The molecule has 1 aliphatic carbocycles. The Bertz CT molecular complexity index is 1140. The number of Topliss-reactive ketones (excluding diaryl/α,β-unsaturated/α-hetero) is 1. The largest absolute Gasteiger partial charge is 0.493 e. The molecule has 1 atom stereocenters. The highest BCUT2D eigenvalue weighted by Gasteiger charge is 2.27. The van der Waals surface area contributed by atoms with E-state index in [0.29, 0.717) is 36.3 Å². The highest BCUT2D eigenvalue weighted by atomic mass is 127. The van der Waals surface area contributed by atoms with Crippen molar-refractivity contribution < 1.29 is 22.7 Å². The van der Waals surface area contributed by atoms with Crippen LogP contribution in [0.2, 0.25) is 0 Å². The molecular formula is C37H67IN2O5S. The monoisotopic (exact) mass is 778 g/mol. The van der Waals surface area contributed by atoms with Crippen LogP contribution >= 0.6 is 22.6 Å². The summed E-state index contributed by atoms with van der Waals surface area (Å²) in [6, 6.07) is 5.05. The zero-order valence-corrected chi connectivity index (χ0v) is 33.2. The van der Waals surface area contributed by atoms with Crippen molar-refractivity contribution in [3.05, 3.63) is 47.6 Å². The molecular weight excluding hydrogens is 711 g/mol. The Balaban J connectivity index is -0.000000793. The minimum absolute atomic E-state index is 0. The lowest BCUT2D eigenvalue weighted by atomic mass is 10.1. The Morgan fingerprint density at radius 1 is 1.02 bits per heavy atom.